The van der Waals surface area contributed by atoms with Gasteiger partial charge in [-0.3, -0.25) is 14.5 Å². The highest BCUT2D eigenvalue weighted by Gasteiger charge is 2.34. The molecule has 2 aromatic rings. The van der Waals surface area contributed by atoms with Crippen molar-refractivity contribution >= 4 is 44.9 Å². The van der Waals surface area contributed by atoms with Crippen molar-refractivity contribution in [3.05, 3.63) is 55.7 Å². The molecule has 1 aliphatic heterocycles. The summed E-state index contributed by atoms with van der Waals surface area (Å²) in [4.78, 5) is 25.9. The van der Waals surface area contributed by atoms with Crippen LogP contribution in [0.1, 0.15) is 28.1 Å². The van der Waals surface area contributed by atoms with Gasteiger partial charge in [0.25, 0.3) is 11.1 Å². The van der Waals surface area contributed by atoms with Gasteiger partial charge in [0.05, 0.1) is 11.4 Å². The lowest BCUT2D eigenvalue weighted by atomic mass is 10.1. The van der Waals surface area contributed by atoms with Crippen molar-refractivity contribution in [2.24, 2.45) is 0 Å². The Hall–Kier alpha value is -2.23. The molecule has 0 saturated carbocycles. The lowest BCUT2D eigenvalue weighted by Gasteiger charge is -2.13. The molecule has 27 heavy (non-hydrogen) atoms. The molecule has 138 valence electrons. The second-order valence-corrected chi connectivity index (χ2v) is 8.31. The summed E-state index contributed by atoms with van der Waals surface area (Å²) in [7, 11) is 0. The molecular weight excluding hydrogens is 424 g/mol. The molecule has 0 bridgehead atoms. The number of benzene rings is 1. The highest BCUT2D eigenvalue weighted by Crippen LogP contribution is 2.34. The summed E-state index contributed by atoms with van der Waals surface area (Å²) < 4.78 is 3.26. The number of carbonyl (C=O) groups excluding carboxylic acids is 2. The molecule has 2 heterocycles. The fourth-order valence-corrected chi connectivity index (χ4v) is 4.31. The molecule has 6 heteroatoms. The summed E-state index contributed by atoms with van der Waals surface area (Å²) in [6.45, 7) is 8.17. The Morgan fingerprint density at radius 2 is 1.78 bits per heavy atom. The minimum Gasteiger partial charge on any atom is -0.318 e. The van der Waals surface area contributed by atoms with Gasteiger partial charge in [-0.05, 0) is 80.4 Å². The van der Waals surface area contributed by atoms with Crippen molar-refractivity contribution in [2.45, 2.75) is 27.7 Å². The molecule has 0 atom stereocenters. The summed E-state index contributed by atoms with van der Waals surface area (Å²) >= 11 is 4.54. The Morgan fingerprint density at radius 1 is 1.15 bits per heavy atom. The van der Waals surface area contributed by atoms with Crippen molar-refractivity contribution in [3.8, 4) is 18.0 Å². The van der Waals surface area contributed by atoms with Crippen LogP contribution in [0.15, 0.2) is 27.6 Å². The van der Waals surface area contributed by atoms with Gasteiger partial charge in [0, 0.05) is 21.5 Å². The molecule has 0 spiro atoms. The van der Waals surface area contributed by atoms with Crippen molar-refractivity contribution in [1.82, 2.24) is 9.47 Å². The van der Waals surface area contributed by atoms with Gasteiger partial charge in [0.1, 0.15) is 0 Å². The maximum Gasteiger partial charge on any atom is 0.294 e. The fourth-order valence-electron chi connectivity index (χ4n) is 3.25. The van der Waals surface area contributed by atoms with E-state index in [0.29, 0.717) is 4.91 Å². The van der Waals surface area contributed by atoms with Gasteiger partial charge in [-0.25, -0.2) is 0 Å². The maximum absolute atomic E-state index is 12.4. The number of imide groups is 1. The van der Waals surface area contributed by atoms with Crippen LogP contribution in [0.4, 0.5) is 4.79 Å². The van der Waals surface area contributed by atoms with Crippen LogP contribution < -0.4 is 0 Å². The first-order valence-corrected chi connectivity index (χ1v) is 10.0. The van der Waals surface area contributed by atoms with Crippen LogP contribution >= 0.6 is 27.7 Å². The molecule has 0 unspecified atom stereocenters. The molecule has 0 radical (unpaired) electrons. The molecule has 1 fully saturated rings. The Labute approximate surface area is 171 Å². The zero-order valence-electron chi connectivity index (χ0n) is 15.6. The number of carbonyl (C=O) groups is 2. The molecule has 0 aliphatic carbocycles. The van der Waals surface area contributed by atoms with Gasteiger partial charge in [0.2, 0.25) is 0 Å². The predicted molar refractivity (Wildman–Crippen MR) is 114 cm³/mol. The van der Waals surface area contributed by atoms with Crippen molar-refractivity contribution in [2.75, 3.05) is 6.54 Å². The molecule has 0 N–H and O–H groups in total. The van der Waals surface area contributed by atoms with Crippen LogP contribution in [-0.4, -0.2) is 27.2 Å². The van der Waals surface area contributed by atoms with E-state index >= 15 is 0 Å². The van der Waals surface area contributed by atoms with E-state index in [9.17, 15) is 9.59 Å². The third-order valence-electron chi connectivity index (χ3n) is 4.56. The van der Waals surface area contributed by atoms with E-state index in [4.69, 9.17) is 6.42 Å². The molecule has 2 amide bonds. The molecule has 4 nitrogen and oxygen atoms in total. The number of hydrogen-bond acceptors (Lipinski definition) is 3. The van der Waals surface area contributed by atoms with E-state index in [2.05, 4.69) is 52.4 Å². The van der Waals surface area contributed by atoms with Gasteiger partial charge in [-0.2, -0.15) is 0 Å². The second kappa shape index (κ2) is 7.41. The predicted octanol–water partition coefficient (Wildman–Crippen LogP) is 5.14. The molecular formula is C21H19BrN2O2S. The van der Waals surface area contributed by atoms with E-state index in [1.165, 1.54) is 0 Å². The second-order valence-electron chi connectivity index (χ2n) is 6.53. The zero-order valence-corrected chi connectivity index (χ0v) is 18.0. The van der Waals surface area contributed by atoms with Crippen molar-refractivity contribution in [1.29, 1.82) is 0 Å². The largest absolute Gasteiger partial charge is 0.318 e. The molecule has 1 aromatic carbocycles. The Kier molecular flexibility index (Phi) is 5.36. The molecule has 1 aromatic heterocycles. The van der Waals surface area contributed by atoms with E-state index < -0.39 is 0 Å². The average Bonchev–Trinajstić information content (AvgIpc) is 3.03. The van der Waals surface area contributed by atoms with E-state index in [-0.39, 0.29) is 17.7 Å². The fraction of sp³-hybridized carbons (Fsp3) is 0.238. The lowest BCUT2D eigenvalue weighted by Crippen LogP contribution is -2.28. The van der Waals surface area contributed by atoms with Crippen LogP contribution in [0.2, 0.25) is 0 Å². The van der Waals surface area contributed by atoms with Gasteiger partial charge in [-0.1, -0.05) is 21.9 Å². The van der Waals surface area contributed by atoms with E-state index in [0.717, 1.165) is 54.9 Å². The van der Waals surface area contributed by atoms with E-state index in [1.807, 2.05) is 19.9 Å². The summed E-state index contributed by atoms with van der Waals surface area (Å²) in [6.07, 6.45) is 7.02. The number of terminal acetylenes is 1. The first-order valence-electron chi connectivity index (χ1n) is 8.39. The number of thioether (sulfide) groups is 1. The summed E-state index contributed by atoms with van der Waals surface area (Å²) in [6, 6.07) is 6.28. The first-order chi connectivity index (χ1) is 12.7. The summed E-state index contributed by atoms with van der Waals surface area (Å²) in [5.74, 6) is 2.02. The minimum atomic E-state index is -0.330. The number of aryl methyl sites for hydroxylation is 3. The number of nitrogens with zero attached hydrogens (tertiary/aromatic N) is 2. The number of hydrogen-bond donors (Lipinski definition) is 0. The van der Waals surface area contributed by atoms with Gasteiger partial charge >= 0.3 is 0 Å². The van der Waals surface area contributed by atoms with Gasteiger partial charge < -0.3 is 4.57 Å². The highest BCUT2D eigenvalue weighted by molar-refractivity contribution is 9.10. The number of aromatic nitrogens is 1. The zero-order chi connectivity index (χ0) is 19.9. The normalized spacial score (nSPS) is 15.7. The summed E-state index contributed by atoms with van der Waals surface area (Å²) in [5, 5.41) is -0.322. The van der Waals surface area contributed by atoms with Gasteiger partial charge in [0.15, 0.2) is 0 Å². The third-order valence-corrected chi connectivity index (χ3v) is 6.72. The average molecular weight is 443 g/mol. The van der Waals surface area contributed by atoms with Crippen LogP contribution in [0.5, 0.6) is 0 Å². The smallest absolute Gasteiger partial charge is 0.294 e. The Bertz CT molecular complexity index is 1020. The lowest BCUT2D eigenvalue weighted by molar-refractivity contribution is -0.122. The SMILES string of the molecule is C#CCN1C(=O)S/C(=C\c2cc(C)n(-c3cc(C)c(Br)c(C)c3)c2C)C1=O. The van der Waals surface area contributed by atoms with Gasteiger partial charge in [-0.15, -0.1) is 6.42 Å². The quantitative estimate of drug-likeness (QED) is 0.487. The highest BCUT2D eigenvalue weighted by atomic mass is 79.9. The van der Waals surface area contributed by atoms with Crippen LogP contribution in [0.25, 0.3) is 11.8 Å². The number of rotatable bonds is 3. The minimum absolute atomic E-state index is 0.00151. The first kappa shape index (κ1) is 19.5. The third kappa shape index (κ3) is 3.50. The standard InChI is InChI=1S/C21H19BrN2O2S/c1-6-7-23-20(25)18(27-21(23)26)11-16-10-14(4)24(15(16)5)17-8-12(2)19(22)13(3)9-17/h1,8-11H,7H2,2-5H3/b18-11-. The monoisotopic (exact) mass is 442 g/mol. The molecule has 1 saturated heterocycles. The van der Waals surface area contributed by atoms with Crippen molar-refractivity contribution < 1.29 is 9.59 Å². The molecule has 1 aliphatic rings. The molecule has 3 rings (SSSR count). The van der Waals surface area contributed by atoms with Crippen LogP contribution in [-0.2, 0) is 4.79 Å². The van der Waals surface area contributed by atoms with E-state index in [1.54, 1.807) is 6.08 Å². The summed E-state index contributed by atoms with van der Waals surface area (Å²) in [5.41, 5.74) is 6.38. The van der Waals surface area contributed by atoms with Crippen molar-refractivity contribution in [3.63, 3.8) is 0 Å². The Balaban J connectivity index is 2.04. The van der Waals surface area contributed by atoms with Crippen LogP contribution in [0.3, 0.4) is 0 Å². The number of halogens is 1. The maximum atomic E-state index is 12.4. The topological polar surface area (TPSA) is 42.3 Å². The Morgan fingerprint density at radius 3 is 2.37 bits per heavy atom. The number of amides is 2. The van der Waals surface area contributed by atoms with Crippen LogP contribution in [0, 0.1) is 40.0 Å².